The fourth-order valence-electron chi connectivity index (χ4n) is 1.63. The lowest BCUT2D eigenvalue weighted by atomic mass is 9.96. The van der Waals surface area contributed by atoms with Crippen molar-refractivity contribution in [2.24, 2.45) is 5.92 Å². The highest BCUT2D eigenvalue weighted by Gasteiger charge is 2.35. The number of carbonyl (C=O) groups excluding carboxylic acids is 1. The summed E-state index contributed by atoms with van der Waals surface area (Å²) in [6, 6.07) is 0. The van der Waals surface area contributed by atoms with Crippen LogP contribution in [-0.2, 0) is 19.0 Å². The van der Waals surface area contributed by atoms with Crippen molar-refractivity contribution in [3.63, 3.8) is 0 Å². The first kappa shape index (κ1) is 10.6. The first-order valence-corrected chi connectivity index (χ1v) is 4.39. The average molecular weight is 188 g/mol. The number of ether oxygens (including phenoxy) is 3. The van der Waals surface area contributed by atoms with Gasteiger partial charge < -0.3 is 19.0 Å². The molecule has 1 fully saturated rings. The summed E-state index contributed by atoms with van der Waals surface area (Å²) >= 11 is 0. The molecule has 0 aliphatic carbocycles. The molecule has 0 N–H and O–H groups in total. The molecule has 0 aromatic carbocycles. The monoisotopic (exact) mass is 188 g/mol. The van der Waals surface area contributed by atoms with Crippen LogP contribution in [0.2, 0.25) is 0 Å². The molecule has 1 aliphatic heterocycles. The van der Waals surface area contributed by atoms with Crippen molar-refractivity contribution in [1.29, 1.82) is 0 Å². The van der Waals surface area contributed by atoms with E-state index in [0.29, 0.717) is 0 Å². The van der Waals surface area contributed by atoms with Gasteiger partial charge in [0.25, 0.3) is 0 Å². The minimum atomic E-state index is -0.494. The third kappa shape index (κ3) is 2.27. The maximum Gasteiger partial charge on any atom is 0.160 e. The van der Waals surface area contributed by atoms with Crippen LogP contribution < -0.4 is 0 Å². The largest absolute Gasteiger partial charge is 0.378 e. The quantitative estimate of drug-likeness (QED) is 0.608. The summed E-state index contributed by atoms with van der Waals surface area (Å²) in [5, 5.41) is 0. The van der Waals surface area contributed by atoms with Crippen LogP contribution in [0, 0.1) is 5.92 Å². The zero-order chi connectivity index (χ0) is 9.84. The fraction of sp³-hybridized carbons (Fsp3) is 0.889. The maximum absolute atomic E-state index is 10.6. The van der Waals surface area contributed by atoms with Crippen LogP contribution in [-0.4, -0.2) is 39.0 Å². The van der Waals surface area contributed by atoms with Gasteiger partial charge in [-0.25, -0.2) is 0 Å². The van der Waals surface area contributed by atoms with Gasteiger partial charge in [0, 0.05) is 20.1 Å². The molecule has 0 bridgehead atoms. The molecule has 1 rings (SSSR count). The summed E-state index contributed by atoms with van der Waals surface area (Å²) in [6.45, 7) is 2.02. The Hall–Kier alpha value is -0.450. The lowest BCUT2D eigenvalue weighted by Gasteiger charge is -2.36. The number of aldehydes is 1. The predicted molar refractivity (Wildman–Crippen MR) is 46.3 cm³/mol. The number of methoxy groups -OCH3 is 2. The molecule has 0 spiro atoms. The van der Waals surface area contributed by atoms with E-state index in [2.05, 4.69) is 0 Å². The van der Waals surface area contributed by atoms with Crippen LogP contribution in [0.1, 0.15) is 13.3 Å². The van der Waals surface area contributed by atoms with Crippen LogP contribution >= 0.6 is 0 Å². The van der Waals surface area contributed by atoms with E-state index in [9.17, 15) is 4.79 Å². The molecule has 4 nitrogen and oxygen atoms in total. The third-order valence-corrected chi connectivity index (χ3v) is 2.40. The standard InChI is InChI=1S/C9H16O4/c1-6-4-7(11-2)8(5-10)13-9(6)12-3/h5-9H,4H2,1-3H3/t6-,7+,8-,9-/m1/s1. The molecule has 1 heterocycles. The molecule has 0 saturated carbocycles. The van der Waals surface area contributed by atoms with Gasteiger partial charge in [0.2, 0.25) is 0 Å². The average Bonchev–Trinajstić information content (AvgIpc) is 2.17. The Labute approximate surface area is 78.2 Å². The first-order chi connectivity index (χ1) is 6.22. The SMILES string of the molecule is CO[C@@H]1O[C@H](C=O)[C@@H](OC)C[C@H]1C. The van der Waals surface area contributed by atoms with Crippen LogP contribution in [0.15, 0.2) is 0 Å². The molecule has 1 saturated heterocycles. The fourth-order valence-corrected chi connectivity index (χ4v) is 1.63. The van der Waals surface area contributed by atoms with Gasteiger partial charge >= 0.3 is 0 Å². The van der Waals surface area contributed by atoms with Crippen molar-refractivity contribution in [3.8, 4) is 0 Å². The van der Waals surface area contributed by atoms with Gasteiger partial charge in [-0.2, -0.15) is 0 Å². The lowest BCUT2D eigenvalue weighted by molar-refractivity contribution is -0.231. The lowest BCUT2D eigenvalue weighted by Crippen LogP contribution is -2.45. The predicted octanol–water partition coefficient (Wildman–Crippen LogP) is 0.598. The van der Waals surface area contributed by atoms with Crippen LogP contribution in [0.4, 0.5) is 0 Å². The van der Waals surface area contributed by atoms with Crippen molar-refractivity contribution in [3.05, 3.63) is 0 Å². The Kier molecular flexibility index (Phi) is 3.84. The van der Waals surface area contributed by atoms with Crippen molar-refractivity contribution in [2.75, 3.05) is 14.2 Å². The first-order valence-electron chi connectivity index (χ1n) is 4.39. The van der Waals surface area contributed by atoms with Gasteiger partial charge in [-0.05, 0) is 6.42 Å². The van der Waals surface area contributed by atoms with Gasteiger partial charge in [-0.1, -0.05) is 6.92 Å². The summed E-state index contributed by atoms with van der Waals surface area (Å²) in [5.74, 6) is 0.256. The van der Waals surface area contributed by atoms with E-state index in [4.69, 9.17) is 14.2 Å². The molecule has 0 radical (unpaired) electrons. The van der Waals surface area contributed by atoms with Gasteiger partial charge in [0.1, 0.15) is 6.10 Å². The molecule has 13 heavy (non-hydrogen) atoms. The van der Waals surface area contributed by atoms with Crippen molar-refractivity contribution >= 4 is 6.29 Å². The number of carbonyl (C=O) groups is 1. The van der Waals surface area contributed by atoms with Crippen LogP contribution in [0.5, 0.6) is 0 Å². The van der Waals surface area contributed by atoms with Crippen molar-refractivity contribution in [2.45, 2.75) is 31.8 Å². The van der Waals surface area contributed by atoms with Gasteiger partial charge in [0.05, 0.1) is 6.10 Å². The van der Waals surface area contributed by atoms with E-state index in [1.54, 1.807) is 14.2 Å². The molecule has 0 amide bonds. The molecule has 0 aromatic heterocycles. The third-order valence-electron chi connectivity index (χ3n) is 2.40. The van der Waals surface area contributed by atoms with Gasteiger partial charge in [-0.3, -0.25) is 0 Å². The molecule has 1 aliphatic rings. The zero-order valence-corrected chi connectivity index (χ0v) is 8.23. The van der Waals surface area contributed by atoms with Gasteiger partial charge in [-0.15, -0.1) is 0 Å². The molecule has 0 aromatic rings. The number of hydrogen-bond donors (Lipinski definition) is 0. The smallest absolute Gasteiger partial charge is 0.160 e. The number of hydrogen-bond acceptors (Lipinski definition) is 4. The molecule has 4 heteroatoms. The molecule has 0 unspecified atom stereocenters. The van der Waals surface area contributed by atoms with Crippen molar-refractivity contribution in [1.82, 2.24) is 0 Å². The zero-order valence-electron chi connectivity index (χ0n) is 8.23. The minimum Gasteiger partial charge on any atom is -0.378 e. The van der Waals surface area contributed by atoms with E-state index in [1.807, 2.05) is 6.92 Å². The summed E-state index contributed by atoms with van der Waals surface area (Å²) in [5.41, 5.74) is 0. The summed E-state index contributed by atoms with van der Waals surface area (Å²) in [4.78, 5) is 10.6. The summed E-state index contributed by atoms with van der Waals surface area (Å²) < 4.78 is 15.6. The second-order valence-electron chi connectivity index (χ2n) is 3.33. The Morgan fingerprint density at radius 3 is 2.54 bits per heavy atom. The van der Waals surface area contributed by atoms with E-state index < -0.39 is 6.10 Å². The Balaban J connectivity index is 2.59. The van der Waals surface area contributed by atoms with Gasteiger partial charge in [0.15, 0.2) is 12.6 Å². The van der Waals surface area contributed by atoms with E-state index in [0.717, 1.165) is 12.7 Å². The Morgan fingerprint density at radius 1 is 1.38 bits per heavy atom. The Morgan fingerprint density at radius 2 is 2.08 bits per heavy atom. The highest BCUT2D eigenvalue weighted by Crippen LogP contribution is 2.26. The maximum atomic E-state index is 10.6. The summed E-state index contributed by atoms with van der Waals surface area (Å²) in [6.07, 6.45) is 0.636. The summed E-state index contributed by atoms with van der Waals surface area (Å²) in [7, 11) is 3.17. The highest BCUT2D eigenvalue weighted by atomic mass is 16.7. The second-order valence-corrected chi connectivity index (χ2v) is 3.33. The van der Waals surface area contributed by atoms with Crippen molar-refractivity contribution < 1.29 is 19.0 Å². The van der Waals surface area contributed by atoms with E-state index in [1.165, 1.54) is 0 Å². The van der Waals surface area contributed by atoms with Crippen LogP contribution in [0.25, 0.3) is 0 Å². The molecule has 4 atom stereocenters. The molecular formula is C9H16O4. The molecule has 76 valence electrons. The second kappa shape index (κ2) is 4.69. The van der Waals surface area contributed by atoms with E-state index >= 15 is 0 Å². The van der Waals surface area contributed by atoms with Crippen LogP contribution in [0.3, 0.4) is 0 Å². The Bertz CT molecular complexity index is 171. The van der Waals surface area contributed by atoms with E-state index in [-0.39, 0.29) is 18.3 Å². The molecular weight excluding hydrogens is 172 g/mol. The highest BCUT2D eigenvalue weighted by molar-refractivity contribution is 5.57. The normalized spacial score (nSPS) is 40.2. The number of rotatable bonds is 3. The topological polar surface area (TPSA) is 44.8 Å². The minimum absolute atomic E-state index is 0.140.